The largest absolute Gasteiger partial charge is 0.437 e. The molecule has 0 saturated heterocycles. The van der Waals surface area contributed by atoms with Crippen molar-refractivity contribution >= 4 is 21.0 Å². The van der Waals surface area contributed by atoms with Crippen LogP contribution < -0.4 is 0 Å². The van der Waals surface area contributed by atoms with Gasteiger partial charge in [-0.15, -0.1) is 0 Å². The number of rotatable bonds is 11. The summed E-state index contributed by atoms with van der Waals surface area (Å²) in [4.78, 5) is 2.38. The van der Waals surface area contributed by atoms with Gasteiger partial charge in [0, 0.05) is 34.6 Å². The molecular formula is C29H72F20O9S2. The SMILES string of the molecule is C.C.C.C.C.C.C.C.C.C.CC(F)(F)C(C)(F)OC(F)(F)CC(F)(F)F.CC(F)(F)C(C)(F)OCF.CC(F)(F)CF.CF.COS(=O)(=O)F.COS(=O)(=O)F.FCOF. The van der Waals surface area contributed by atoms with Crippen molar-refractivity contribution in [3.63, 3.8) is 0 Å². The van der Waals surface area contributed by atoms with E-state index in [4.69, 9.17) is 16.8 Å². The molecule has 0 fully saturated rings. The van der Waals surface area contributed by atoms with Gasteiger partial charge in [0.15, 0.2) is 13.5 Å². The van der Waals surface area contributed by atoms with Gasteiger partial charge < -0.3 is 4.74 Å². The van der Waals surface area contributed by atoms with Gasteiger partial charge >= 0.3 is 45.1 Å². The van der Waals surface area contributed by atoms with Crippen LogP contribution in [-0.4, -0.2) is 100 Å². The van der Waals surface area contributed by atoms with Crippen molar-refractivity contribution in [3.05, 3.63) is 0 Å². The zero-order valence-corrected chi connectivity index (χ0v) is 28.0. The fourth-order valence-corrected chi connectivity index (χ4v) is 0.869. The van der Waals surface area contributed by atoms with Crippen LogP contribution in [0.1, 0.15) is 115 Å². The van der Waals surface area contributed by atoms with Crippen molar-refractivity contribution in [2.45, 2.75) is 157 Å². The molecule has 0 rings (SSSR count). The lowest BCUT2D eigenvalue weighted by atomic mass is 10.2. The zero-order valence-electron chi connectivity index (χ0n) is 26.4. The normalized spacial score (nSPS) is 12.1. The second-order valence-corrected chi connectivity index (χ2v) is 10.2. The summed E-state index contributed by atoms with van der Waals surface area (Å²) >= 11 is 0. The summed E-state index contributed by atoms with van der Waals surface area (Å²) < 4.78 is 278. The third-order valence-electron chi connectivity index (χ3n) is 3.32. The van der Waals surface area contributed by atoms with Gasteiger partial charge in [-0.25, -0.2) is 56.7 Å². The first-order chi connectivity index (χ1) is 21.6. The smallest absolute Gasteiger partial charge is 0.309 e. The van der Waals surface area contributed by atoms with Gasteiger partial charge in [0.2, 0.25) is 6.86 Å². The molecule has 2 atom stereocenters. The Morgan fingerprint density at radius 3 is 0.767 bits per heavy atom. The Balaban J connectivity index is -0.0000000249. The third-order valence-corrected chi connectivity index (χ3v) is 4.11. The van der Waals surface area contributed by atoms with E-state index in [1.54, 1.807) is 0 Å². The van der Waals surface area contributed by atoms with Crippen LogP contribution >= 0.6 is 0 Å². The molecule has 60 heavy (non-hydrogen) atoms. The van der Waals surface area contributed by atoms with Crippen molar-refractivity contribution in [2.24, 2.45) is 0 Å². The van der Waals surface area contributed by atoms with Gasteiger partial charge in [-0.2, -0.15) is 43.7 Å². The Morgan fingerprint density at radius 2 is 0.683 bits per heavy atom. The van der Waals surface area contributed by atoms with Crippen molar-refractivity contribution in [1.29, 1.82) is 0 Å². The fraction of sp³-hybridized carbons (Fsp3) is 1.00. The van der Waals surface area contributed by atoms with Crippen LogP contribution in [0.4, 0.5) is 86.9 Å². The molecule has 0 aromatic carbocycles. The monoisotopic (exact) mass is 1010 g/mol. The molecule has 0 N–H and O–H groups in total. The average molecular weight is 1010 g/mol. The Morgan fingerprint density at radius 1 is 0.483 bits per heavy atom. The van der Waals surface area contributed by atoms with Crippen molar-refractivity contribution in [1.82, 2.24) is 0 Å². The Bertz CT molecular complexity index is 988. The first-order valence-electron chi connectivity index (χ1n) is 11.2. The highest BCUT2D eigenvalue weighted by Crippen LogP contribution is 2.41. The summed E-state index contributed by atoms with van der Waals surface area (Å²) in [6, 6.07) is 0. The molecule has 31 heteroatoms. The zero-order chi connectivity index (χ0) is 42.9. The summed E-state index contributed by atoms with van der Waals surface area (Å²) in [6.07, 6.45) is -13.3. The minimum atomic E-state index is -5.36. The molecule has 0 aliphatic heterocycles. The Hall–Kier alpha value is -1.70. The van der Waals surface area contributed by atoms with E-state index < -0.39 is 89.6 Å². The molecule has 0 aromatic rings. The second kappa shape index (κ2) is 48.3. The van der Waals surface area contributed by atoms with Crippen LogP contribution in [-0.2, 0) is 43.8 Å². The minimum Gasteiger partial charge on any atom is -0.309 e. The first-order valence-corrected chi connectivity index (χ1v) is 13.8. The number of halogens is 20. The average Bonchev–Trinajstić information content (AvgIpc) is 2.87. The summed E-state index contributed by atoms with van der Waals surface area (Å²) in [5, 5.41) is 0. The van der Waals surface area contributed by atoms with Crippen LogP contribution in [0.2, 0.25) is 0 Å². The van der Waals surface area contributed by atoms with Gasteiger partial charge in [0.1, 0.15) is 6.42 Å². The fourth-order valence-electron chi connectivity index (χ4n) is 0.869. The topological polar surface area (TPSA) is 114 Å². The van der Waals surface area contributed by atoms with Crippen molar-refractivity contribution < 1.29 is 127 Å². The molecule has 0 aliphatic rings. The maximum atomic E-state index is 12.8. The van der Waals surface area contributed by atoms with E-state index in [0.717, 1.165) is 14.2 Å². The van der Waals surface area contributed by atoms with Crippen molar-refractivity contribution in [2.75, 3.05) is 41.8 Å². The lowest BCUT2D eigenvalue weighted by Gasteiger charge is -2.31. The predicted molar refractivity (Wildman–Crippen MR) is 197 cm³/mol. The highest BCUT2D eigenvalue weighted by Gasteiger charge is 2.57. The molecular weight excluding hydrogens is 936 g/mol. The Kier molecular flexibility index (Phi) is 90.4. The molecule has 9 nitrogen and oxygen atoms in total. The molecule has 0 saturated carbocycles. The van der Waals surface area contributed by atoms with Crippen LogP contribution in [0.5, 0.6) is 0 Å². The molecule has 0 bridgehead atoms. The molecule has 0 spiro atoms. The van der Waals surface area contributed by atoms with Crippen LogP contribution in [0, 0.1) is 0 Å². The van der Waals surface area contributed by atoms with E-state index in [0.29, 0.717) is 27.9 Å². The van der Waals surface area contributed by atoms with Gasteiger partial charge in [-0.3, -0.25) is 9.13 Å². The predicted octanol–water partition coefficient (Wildman–Crippen LogP) is 15.2. The molecule has 2 unspecified atom stereocenters. The van der Waals surface area contributed by atoms with Crippen LogP contribution in [0.15, 0.2) is 0 Å². The summed E-state index contributed by atoms with van der Waals surface area (Å²) in [7, 11) is -7.33. The third kappa shape index (κ3) is 96.2. The molecule has 0 heterocycles. The first kappa shape index (κ1) is 112. The van der Waals surface area contributed by atoms with E-state index in [1.165, 1.54) is 0 Å². The van der Waals surface area contributed by atoms with E-state index in [9.17, 15) is 86.9 Å². The minimum absolute atomic E-state index is 0. The standard InChI is InChI=1S/C7H8F8O.C5H8F4O.C3H5F3.CH2F2O.2CH3FO3S.CH3F.10CH4/c1-4(8,9)5(2,10)16-7(14,15)3-6(11,12)13;1-4(7,8)5(2,9)10-3-6;1-3(5,6)2-4;2-1-4-3;2*1-5-6(2,3)4;1-2;;;;;;;;;;/h3H2,1-2H3;3H2,1-2H3;2H2,1H3;1H2;2*1H3;1H3;10*1H4. The summed E-state index contributed by atoms with van der Waals surface area (Å²) in [5.41, 5.74) is 0. The molecule has 0 aliphatic carbocycles. The summed E-state index contributed by atoms with van der Waals surface area (Å²) in [5.74, 6) is -18.6. The summed E-state index contributed by atoms with van der Waals surface area (Å²) in [6.45, 7) is -3.29. The van der Waals surface area contributed by atoms with Crippen LogP contribution in [0.3, 0.4) is 0 Å². The number of alkyl halides is 17. The van der Waals surface area contributed by atoms with Gasteiger partial charge in [0.05, 0.1) is 21.4 Å². The van der Waals surface area contributed by atoms with Crippen LogP contribution in [0.25, 0.3) is 0 Å². The van der Waals surface area contributed by atoms with E-state index >= 15 is 0 Å². The lowest BCUT2D eigenvalue weighted by molar-refractivity contribution is -0.391. The second-order valence-electron chi connectivity index (χ2n) is 7.94. The highest BCUT2D eigenvalue weighted by molar-refractivity contribution is 7.81. The maximum absolute atomic E-state index is 12.8. The van der Waals surface area contributed by atoms with Crippen molar-refractivity contribution in [3.8, 4) is 0 Å². The highest BCUT2D eigenvalue weighted by atomic mass is 32.3. The van der Waals surface area contributed by atoms with E-state index in [2.05, 4.69) is 22.8 Å². The number of ether oxygens (including phenoxy) is 2. The molecule has 0 amide bonds. The number of hydrogen-bond acceptors (Lipinski definition) is 9. The molecule has 394 valence electrons. The molecule has 0 aromatic heterocycles. The quantitative estimate of drug-likeness (QED) is 0.147. The van der Waals surface area contributed by atoms with Gasteiger partial charge in [-0.05, 0) is 4.53 Å². The van der Waals surface area contributed by atoms with E-state index in [1.807, 2.05) is 0 Å². The lowest BCUT2D eigenvalue weighted by Crippen LogP contribution is -2.47. The maximum Gasteiger partial charge on any atom is 0.437 e. The Labute approximate surface area is 346 Å². The number of hydrogen-bond donors (Lipinski definition) is 0. The van der Waals surface area contributed by atoms with Gasteiger partial charge in [0.25, 0.3) is 17.6 Å². The van der Waals surface area contributed by atoms with Gasteiger partial charge in [-0.1, -0.05) is 82.0 Å². The molecule has 0 radical (unpaired) electrons. The van der Waals surface area contributed by atoms with E-state index in [-0.39, 0.29) is 88.1 Å².